The Balaban J connectivity index is 1.63. The first-order valence-electron chi connectivity index (χ1n) is 13.7. The predicted octanol–water partition coefficient (Wildman–Crippen LogP) is 5.36. The van der Waals surface area contributed by atoms with E-state index < -0.39 is 35.7 Å². The number of hydrogen-bond donors (Lipinski definition) is 2. The van der Waals surface area contributed by atoms with Gasteiger partial charge in [-0.25, -0.2) is 4.90 Å². The van der Waals surface area contributed by atoms with Crippen LogP contribution in [-0.4, -0.2) is 40.6 Å². The van der Waals surface area contributed by atoms with Crippen LogP contribution in [0, 0.1) is 0 Å². The van der Waals surface area contributed by atoms with Crippen molar-refractivity contribution in [2.75, 3.05) is 0 Å². The molecule has 0 saturated heterocycles. The largest absolute Gasteiger partial charge is 0.468 e. The maximum atomic E-state index is 14.2. The number of nitrogens with one attached hydrogen (secondary N) is 2. The Morgan fingerprint density at radius 1 is 0.512 bits per heavy atom. The summed E-state index contributed by atoms with van der Waals surface area (Å²) in [6, 6.07) is 37.2. The molecule has 2 N–H and O–H groups in total. The monoisotopic (exact) mass is 571 g/mol. The fraction of sp³-hybridized carbons (Fsp3) is 0.0857. The van der Waals surface area contributed by atoms with E-state index in [0.29, 0.717) is 28.0 Å². The van der Waals surface area contributed by atoms with Crippen LogP contribution in [-0.2, 0) is 6.54 Å². The quantitative estimate of drug-likeness (QED) is 0.154. The smallest absolute Gasteiger partial charge is 0.252 e. The molecule has 1 heterocycles. The molecule has 0 aliphatic rings. The van der Waals surface area contributed by atoms with Crippen molar-refractivity contribution >= 4 is 23.4 Å². The summed E-state index contributed by atoms with van der Waals surface area (Å²) < 4.78 is 5.62. The Morgan fingerprint density at radius 2 is 0.884 bits per heavy atom. The average molecular weight is 572 g/mol. The van der Waals surface area contributed by atoms with Crippen LogP contribution in [0.25, 0.3) is 0 Å². The minimum atomic E-state index is -1.38. The zero-order chi connectivity index (χ0) is 30.0. The molecule has 5 aromatic rings. The first-order chi connectivity index (χ1) is 21.0. The molecule has 43 heavy (non-hydrogen) atoms. The van der Waals surface area contributed by atoms with Gasteiger partial charge in [-0.2, -0.15) is 0 Å². The van der Waals surface area contributed by atoms with Crippen molar-refractivity contribution in [1.82, 2.24) is 15.5 Å². The molecule has 2 atom stereocenters. The second-order valence-electron chi connectivity index (χ2n) is 9.70. The van der Waals surface area contributed by atoms with Gasteiger partial charge in [-0.3, -0.25) is 19.2 Å². The van der Waals surface area contributed by atoms with Crippen LogP contribution in [0.4, 0.5) is 0 Å². The van der Waals surface area contributed by atoms with Crippen molar-refractivity contribution in [2.45, 2.75) is 18.9 Å². The van der Waals surface area contributed by atoms with E-state index in [0.717, 1.165) is 0 Å². The number of nitrogens with zero attached hydrogens (tertiary/aromatic N) is 1. The zero-order valence-corrected chi connectivity index (χ0v) is 23.1. The Hall–Kier alpha value is -5.60. The fourth-order valence-electron chi connectivity index (χ4n) is 4.63. The van der Waals surface area contributed by atoms with Gasteiger partial charge in [0.25, 0.3) is 11.8 Å². The molecule has 0 aliphatic carbocycles. The standard InChI is InChI=1S/C35H29N3O5/c39-30(25-14-5-1-6-15-25)32(36-34(41)27-18-9-3-10-19-27)38(24-29-22-13-23-43-29)33(31(40)26-16-7-2-8-17-26)37-35(42)28-20-11-4-12-21-28/h1-23,32-33H,24H2,(H,36,41)(H,37,42)/t32-,33-/m1/s1. The minimum Gasteiger partial charge on any atom is -0.468 e. The number of benzene rings is 4. The molecule has 0 unspecified atom stereocenters. The van der Waals surface area contributed by atoms with Crippen LogP contribution in [0.3, 0.4) is 0 Å². The van der Waals surface area contributed by atoms with Crippen molar-refractivity contribution in [2.24, 2.45) is 0 Å². The van der Waals surface area contributed by atoms with E-state index in [2.05, 4.69) is 10.6 Å². The lowest BCUT2D eigenvalue weighted by molar-refractivity contribution is 0.0411. The summed E-state index contributed by atoms with van der Waals surface area (Å²) in [5.41, 5.74) is 1.27. The summed E-state index contributed by atoms with van der Waals surface area (Å²) in [4.78, 5) is 56.9. The second-order valence-corrected chi connectivity index (χ2v) is 9.70. The van der Waals surface area contributed by atoms with Crippen molar-refractivity contribution < 1.29 is 23.6 Å². The second kappa shape index (κ2) is 13.8. The maximum absolute atomic E-state index is 14.2. The van der Waals surface area contributed by atoms with Crippen molar-refractivity contribution in [3.05, 3.63) is 168 Å². The zero-order valence-electron chi connectivity index (χ0n) is 23.1. The van der Waals surface area contributed by atoms with E-state index in [-0.39, 0.29) is 6.54 Å². The molecular formula is C35H29N3O5. The molecular weight excluding hydrogens is 542 g/mol. The Labute approximate surface area is 249 Å². The number of rotatable bonds is 12. The fourth-order valence-corrected chi connectivity index (χ4v) is 4.63. The summed E-state index contributed by atoms with van der Waals surface area (Å²) in [5, 5.41) is 5.67. The highest BCUT2D eigenvalue weighted by Crippen LogP contribution is 2.19. The van der Waals surface area contributed by atoms with Crippen LogP contribution in [0.15, 0.2) is 144 Å². The number of ketones is 2. The van der Waals surface area contributed by atoms with Crippen molar-refractivity contribution in [3.8, 4) is 0 Å². The molecule has 0 radical (unpaired) electrons. The summed E-state index contributed by atoms with van der Waals surface area (Å²) in [6.45, 7) is -0.0936. The first kappa shape index (κ1) is 28.9. The van der Waals surface area contributed by atoms with Crippen LogP contribution < -0.4 is 10.6 Å². The molecule has 4 aromatic carbocycles. The Kier molecular flexibility index (Phi) is 9.31. The molecule has 214 valence electrons. The third-order valence-corrected chi connectivity index (χ3v) is 6.80. The third-order valence-electron chi connectivity index (χ3n) is 6.80. The van der Waals surface area contributed by atoms with E-state index in [4.69, 9.17) is 4.42 Å². The first-order valence-corrected chi connectivity index (χ1v) is 13.7. The van der Waals surface area contributed by atoms with Crippen LogP contribution in [0.5, 0.6) is 0 Å². The van der Waals surface area contributed by atoms with Gasteiger partial charge in [0, 0.05) is 22.3 Å². The number of Topliss-reactive ketones (excluding diaryl/α,β-unsaturated/α-hetero) is 2. The molecule has 5 rings (SSSR count). The summed E-state index contributed by atoms with van der Waals surface area (Å²) in [7, 11) is 0. The minimum absolute atomic E-state index is 0.0936. The summed E-state index contributed by atoms with van der Waals surface area (Å²) in [6.07, 6.45) is -1.29. The number of hydrogen-bond acceptors (Lipinski definition) is 6. The lowest BCUT2D eigenvalue weighted by Gasteiger charge is -2.36. The van der Waals surface area contributed by atoms with Gasteiger partial charge in [0.15, 0.2) is 11.6 Å². The molecule has 1 aromatic heterocycles. The molecule has 0 aliphatic heterocycles. The van der Waals surface area contributed by atoms with Gasteiger partial charge in [-0.15, -0.1) is 0 Å². The van der Waals surface area contributed by atoms with Gasteiger partial charge in [0.1, 0.15) is 18.1 Å². The molecule has 0 fully saturated rings. The SMILES string of the molecule is O=C(N[C@@H](C(=O)c1ccccc1)N(Cc1ccco1)[C@@H](NC(=O)c1ccccc1)C(=O)c1ccccc1)c1ccccc1. The highest BCUT2D eigenvalue weighted by molar-refractivity contribution is 6.07. The Morgan fingerprint density at radius 3 is 1.23 bits per heavy atom. The van der Waals surface area contributed by atoms with Gasteiger partial charge >= 0.3 is 0 Å². The van der Waals surface area contributed by atoms with E-state index in [1.54, 1.807) is 133 Å². The molecule has 0 bridgehead atoms. The Bertz CT molecular complexity index is 1550. The highest BCUT2D eigenvalue weighted by Gasteiger charge is 2.39. The summed E-state index contributed by atoms with van der Waals surface area (Å²) in [5.74, 6) is -1.59. The lowest BCUT2D eigenvalue weighted by Crippen LogP contribution is -2.62. The molecule has 8 heteroatoms. The van der Waals surface area contributed by atoms with Gasteiger partial charge < -0.3 is 15.1 Å². The third kappa shape index (κ3) is 7.19. The number of amides is 2. The predicted molar refractivity (Wildman–Crippen MR) is 161 cm³/mol. The molecule has 0 spiro atoms. The highest BCUT2D eigenvalue weighted by atomic mass is 16.3. The molecule has 2 amide bonds. The van der Waals surface area contributed by atoms with E-state index in [1.165, 1.54) is 11.2 Å². The van der Waals surface area contributed by atoms with Crippen LogP contribution in [0.2, 0.25) is 0 Å². The van der Waals surface area contributed by atoms with E-state index in [1.807, 2.05) is 0 Å². The average Bonchev–Trinajstić information content (AvgIpc) is 3.59. The van der Waals surface area contributed by atoms with E-state index >= 15 is 0 Å². The lowest BCUT2D eigenvalue weighted by atomic mass is 10.0. The number of carbonyl (C=O) groups excluding carboxylic acids is 4. The summed E-state index contributed by atoms with van der Waals surface area (Å²) >= 11 is 0. The number of furan rings is 1. The number of carbonyl (C=O) groups is 4. The molecule has 0 saturated carbocycles. The van der Waals surface area contributed by atoms with Gasteiger partial charge in [0.2, 0.25) is 0 Å². The topological polar surface area (TPSA) is 109 Å². The van der Waals surface area contributed by atoms with Crippen LogP contribution >= 0.6 is 0 Å². The van der Waals surface area contributed by atoms with Gasteiger partial charge in [-0.1, -0.05) is 97.1 Å². The van der Waals surface area contributed by atoms with Crippen LogP contribution in [0.1, 0.15) is 47.2 Å². The molecule has 8 nitrogen and oxygen atoms in total. The van der Waals surface area contributed by atoms with Crippen molar-refractivity contribution in [1.29, 1.82) is 0 Å². The van der Waals surface area contributed by atoms with Gasteiger partial charge in [0.05, 0.1) is 12.8 Å². The van der Waals surface area contributed by atoms with Crippen molar-refractivity contribution in [3.63, 3.8) is 0 Å². The maximum Gasteiger partial charge on any atom is 0.252 e. The van der Waals surface area contributed by atoms with Gasteiger partial charge in [-0.05, 0) is 36.4 Å². The normalized spacial score (nSPS) is 12.2. The van der Waals surface area contributed by atoms with E-state index in [9.17, 15) is 19.2 Å².